The second-order valence-corrected chi connectivity index (χ2v) is 7.15. The first-order valence-corrected chi connectivity index (χ1v) is 9.92. The van der Waals surface area contributed by atoms with Gasteiger partial charge in [-0.25, -0.2) is 0 Å². The molecule has 0 bridgehead atoms. The summed E-state index contributed by atoms with van der Waals surface area (Å²) in [5.41, 5.74) is 0.845. The summed E-state index contributed by atoms with van der Waals surface area (Å²) in [4.78, 5) is 34.3. The quantitative estimate of drug-likeness (QED) is 0.621. The van der Waals surface area contributed by atoms with E-state index in [4.69, 9.17) is 4.74 Å². The van der Waals surface area contributed by atoms with Crippen molar-refractivity contribution in [1.82, 2.24) is 25.3 Å². The van der Waals surface area contributed by atoms with Gasteiger partial charge in [0.2, 0.25) is 5.82 Å². The largest absolute Gasteiger partial charge is 0.471 e. The SMILES string of the molecule is O=C(NCC1COCCN1C(=O)c1ccccn1)c1ccc(-c2noc(C(F)(F)F)n2)cc1. The van der Waals surface area contributed by atoms with Crippen molar-refractivity contribution in [3.05, 3.63) is 65.8 Å². The van der Waals surface area contributed by atoms with Crippen LogP contribution in [-0.2, 0) is 10.9 Å². The van der Waals surface area contributed by atoms with Crippen LogP contribution in [0.25, 0.3) is 11.4 Å². The molecule has 3 heterocycles. The highest BCUT2D eigenvalue weighted by atomic mass is 19.4. The number of pyridine rings is 1. The lowest BCUT2D eigenvalue weighted by molar-refractivity contribution is -0.159. The number of ether oxygens (including phenoxy) is 1. The average Bonchev–Trinajstić information content (AvgIpc) is 3.34. The van der Waals surface area contributed by atoms with Crippen LogP contribution in [-0.4, -0.2) is 64.2 Å². The van der Waals surface area contributed by atoms with Crippen LogP contribution in [0.1, 0.15) is 26.7 Å². The minimum atomic E-state index is -4.74. The Bertz CT molecular complexity index is 1120. The molecule has 1 aliphatic rings. The molecule has 0 aliphatic carbocycles. The van der Waals surface area contributed by atoms with Crippen LogP contribution in [0, 0.1) is 0 Å². The summed E-state index contributed by atoms with van der Waals surface area (Å²) in [5.74, 6) is -2.35. The van der Waals surface area contributed by atoms with Gasteiger partial charge in [0.25, 0.3) is 11.8 Å². The lowest BCUT2D eigenvalue weighted by Crippen LogP contribution is -2.53. The number of halogens is 3. The highest BCUT2D eigenvalue weighted by molar-refractivity contribution is 5.95. The molecule has 2 aromatic heterocycles. The van der Waals surface area contributed by atoms with Gasteiger partial charge in [-0.3, -0.25) is 14.6 Å². The zero-order valence-corrected chi connectivity index (χ0v) is 17.1. The third-order valence-electron chi connectivity index (χ3n) is 4.94. The number of benzene rings is 1. The van der Waals surface area contributed by atoms with Crippen molar-refractivity contribution in [2.75, 3.05) is 26.3 Å². The van der Waals surface area contributed by atoms with E-state index in [9.17, 15) is 22.8 Å². The van der Waals surface area contributed by atoms with E-state index >= 15 is 0 Å². The fraction of sp³-hybridized carbons (Fsp3) is 0.286. The van der Waals surface area contributed by atoms with Gasteiger partial charge < -0.3 is 19.5 Å². The summed E-state index contributed by atoms with van der Waals surface area (Å²) in [6, 6.07) is 10.4. The first kappa shape index (κ1) is 22.4. The number of hydrogen-bond donors (Lipinski definition) is 1. The Morgan fingerprint density at radius 2 is 1.94 bits per heavy atom. The number of rotatable bonds is 5. The van der Waals surface area contributed by atoms with Gasteiger partial charge in [-0.1, -0.05) is 23.4 Å². The van der Waals surface area contributed by atoms with Crippen molar-refractivity contribution in [1.29, 1.82) is 0 Å². The fourth-order valence-electron chi connectivity index (χ4n) is 3.27. The number of alkyl halides is 3. The van der Waals surface area contributed by atoms with Gasteiger partial charge in [0, 0.05) is 30.4 Å². The van der Waals surface area contributed by atoms with E-state index in [2.05, 4.69) is 25.0 Å². The lowest BCUT2D eigenvalue weighted by atomic mass is 10.1. The van der Waals surface area contributed by atoms with E-state index < -0.39 is 18.0 Å². The first-order chi connectivity index (χ1) is 15.8. The Morgan fingerprint density at radius 3 is 2.61 bits per heavy atom. The third-order valence-corrected chi connectivity index (χ3v) is 4.94. The topological polar surface area (TPSA) is 110 Å². The second-order valence-electron chi connectivity index (χ2n) is 7.15. The standard InChI is InChI=1S/C21H18F3N5O4/c22-21(23,24)20-27-17(28-33-20)13-4-6-14(7-5-13)18(30)26-11-15-12-32-10-9-29(15)19(31)16-3-1-2-8-25-16/h1-8,15H,9-12H2,(H,26,30). The number of nitrogens with zero attached hydrogens (tertiary/aromatic N) is 4. The van der Waals surface area contributed by atoms with Crippen molar-refractivity contribution < 1.29 is 32.0 Å². The molecule has 0 saturated carbocycles. The van der Waals surface area contributed by atoms with Crippen LogP contribution in [0.4, 0.5) is 13.2 Å². The highest BCUT2D eigenvalue weighted by Crippen LogP contribution is 2.29. The number of hydrogen-bond acceptors (Lipinski definition) is 7. The van der Waals surface area contributed by atoms with Crippen molar-refractivity contribution in [2.45, 2.75) is 12.2 Å². The molecular weight excluding hydrogens is 443 g/mol. The number of nitrogens with one attached hydrogen (secondary N) is 1. The Labute approximate surface area is 185 Å². The van der Waals surface area contributed by atoms with Crippen molar-refractivity contribution in [3.63, 3.8) is 0 Å². The van der Waals surface area contributed by atoms with Gasteiger partial charge in [-0.2, -0.15) is 18.2 Å². The first-order valence-electron chi connectivity index (χ1n) is 9.92. The molecule has 4 rings (SSSR count). The van der Waals surface area contributed by atoms with Gasteiger partial charge in [-0.05, 0) is 24.3 Å². The van der Waals surface area contributed by atoms with Crippen molar-refractivity contribution in [2.24, 2.45) is 0 Å². The minimum absolute atomic E-state index is 0.152. The number of carbonyl (C=O) groups excluding carboxylic acids is 2. The monoisotopic (exact) mass is 461 g/mol. The average molecular weight is 461 g/mol. The van der Waals surface area contributed by atoms with Gasteiger partial charge in [0.05, 0.1) is 19.3 Å². The smallest absolute Gasteiger partial charge is 0.377 e. The summed E-state index contributed by atoms with van der Waals surface area (Å²) in [5, 5.41) is 6.07. The molecule has 1 aliphatic heterocycles. The Balaban J connectivity index is 1.38. The summed E-state index contributed by atoms with van der Waals surface area (Å²) in [7, 11) is 0. The molecule has 0 spiro atoms. The molecule has 1 unspecified atom stereocenters. The van der Waals surface area contributed by atoms with E-state index in [0.717, 1.165) is 0 Å². The highest BCUT2D eigenvalue weighted by Gasteiger charge is 2.38. The van der Waals surface area contributed by atoms with Gasteiger partial charge >= 0.3 is 12.1 Å². The Hall–Kier alpha value is -3.80. The molecule has 0 radical (unpaired) electrons. The summed E-state index contributed by atoms with van der Waals surface area (Å²) in [6.45, 7) is 1.17. The summed E-state index contributed by atoms with van der Waals surface area (Å²) >= 11 is 0. The van der Waals surface area contributed by atoms with Crippen LogP contribution >= 0.6 is 0 Å². The van der Waals surface area contributed by atoms with Gasteiger partial charge in [0.1, 0.15) is 5.69 Å². The van der Waals surface area contributed by atoms with Crippen LogP contribution < -0.4 is 5.32 Å². The van der Waals surface area contributed by atoms with Crippen LogP contribution in [0.2, 0.25) is 0 Å². The molecule has 1 fully saturated rings. The second kappa shape index (κ2) is 9.36. The van der Waals surface area contributed by atoms with Gasteiger partial charge in [0.15, 0.2) is 0 Å². The minimum Gasteiger partial charge on any atom is -0.377 e. The van der Waals surface area contributed by atoms with Gasteiger partial charge in [-0.15, -0.1) is 0 Å². The summed E-state index contributed by atoms with van der Waals surface area (Å²) < 4.78 is 47.5. The van der Waals surface area contributed by atoms with Crippen molar-refractivity contribution >= 4 is 11.8 Å². The molecule has 1 N–H and O–H groups in total. The predicted octanol–water partition coefficient (Wildman–Crippen LogP) is 2.42. The maximum atomic E-state index is 12.8. The third kappa shape index (κ3) is 5.17. The molecule has 172 valence electrons. The zero-order valence-electron chi connectivity index (χ0n) is 17.1. The normalized spacial score (nSPS) is 16.5. The molecule has 2 amide bonds. The number of carbonyl (C=O) groups is 2. The number of amides is 2. The molecule has 9 nitrogen and oxygen atoms in total. The van der Waals surface area contributed by atoms with Crippen molar-refractivity contribution in [3.8, 4) is 11.4 Å². The molecule has 33 heavy (non-hydrogen) atoms. The molecule has 3 aromatic rings. The van der Waals surface area contributed by atoms with E-state index in [1.807, 2.05) is 0 Å². The van der Waals surface area contributed by atoms with Crippen LogP contribution in [0.15, 0.2) is 53.2 Å². The Kier molecular flexibility index (Phi) is 6.36. The fourth-order valence-corrected chi connectivity index (χ4v) is 3.27. The maximum Gasteiger partial charge on any atom is 0.471 e. The summed E-state index contributed by atoms with van der Waals surface area (Å²) in [6.07, 6.45) is -3.20. The maximum absolute atomic E-state index is 12.8. The van der Waals surface area contributed by atoms with E-state index in [1.54, 1.807) is 23.1 Å². The Morgan fingerprint density at radius 1 is 1.15 bits per heavy atom. The van der Waals surface area contributed by atoms with Crippen LogP contribution in [0.3, 0.4) is 0 Å². The molecule has 1 atom stereocenters. The molecule has 1 aromatic carbocycles. The van der Waals surface area contributed by atoms with E-state index in [0.29, 0.717) is 18.8 Å². The molecule has 12 heteroatoms. The van der Waals surface area contributed by atoms with E-state index in [-0.39, 0.29) is 42.1 Å². The molecular formula is C21H18F3N5O4. The van der Waals surface area contributed by atoms with E-state index in [1.165, 1.54) is 30.5 Å². The lowest BCUT2D eigenvalue weighted by Gasteiger charge is -2.35. The number of morpholine rings is 1. The zero-order chi connectivity index (χ0) is 23.4. The predicted molar refractivity (Wildman–Crippen MR) is 107 cm³/mol. The number of aromatic nitrogens is 3. The molecule has 1 saturated heterocycles. The van der Waals surface area contributed by atoms with Crippen LogP contribution in [0.5, 0.6) is 0 Å².